The summed E-state index contributed by atoms with van der Waals surface area (Å²) < 4.78 is 74.6. The first kappa shape index (κ1) is 47.0. The van der Waals surface area contributed by atoms with E-state index in [4.69, 9.17) is 21.5 Å². The van der Waals surface area contributed by atoms with Crippen molar-refractivity contribution in [3.8, 4) is 33.8 Å². The minimum Gasteiger partial charge on any atom is -0.437 e. The maximum Gasteiger partial charge on any atom is 0.227 e. The highest BCUT2D eigenvalue weighted by Crippen LogP contribution is 2.40. The minimum atomic E-state index is -1.70. The van der Waals surface area contributed by atoms with Gasteiger partial charge in [-0.1, -0.05) is 84.9 Å². The Morgan fingerprint density at radius 2 is 0.734 bits per heavy atom. The Morgan fingerprint density at radius 3 is 1.09 bits per heavy atom. The van der Waals surface area contributed by atoms with E-state index in [2.05, 4.69) is 128 Å². The molecule has 0 aliphatic heterocycles. The molecular formula is C70H77N6O3+3. The van der Waals surface area contributed by atoms with Crippen LogP contribution in [0.3, 0.4) is 0 Å². The van der Waals surface area contributed by atoms with Crippen LogP contribution in [-0.4, -0.2) is 15.0 Å². The Morgan fingerprint density at radius 1 is 0.405 bits per heavy atom. The second-order valence-corrected chi connectivity index (χ2v) is 21.3. The SMILES string of the molecule is CCc1cc(-c2c(C)ccc3c2oc2nc(C)ccc23)[n+](C)cc1CC.[2H]C([2H])(C)c1cc(-c2c(C)ccc3c2oc2nc(C)ccc23)[n+](C)cc1C(C)C.[2H]C([2H])(C)c1cc(-c2c(C)ccc3c2oc2nc(C)ccc23)[n+](C)cc1C([2H])([2H])C. The van der Waals surface area contributed by atoms with Crippen LogP contribution in [0.4, 0.5) is 0 Å². The fourth-order valence-corrected chi connectivity index (χ4v) is 11.2. The van der Waals surface area contributed by atoms with Gasteiger partial charge in [0.2, 0.25) is 34.2 Å². The lowest BCUT2D eigenvalue weighted by Gasteiger charge is -2.13. The zero-order valence-corrected chi connectivity index (χ0v) is 48.8. The molecule has 0 saturated carbocycles. The highest BCUT2D eigenvalue weighted by atomic mass is 16.3. The third-order valence-electron chi connectivity index (χ3n) is 15.6. The quantitative estimate of drug-likeness (QED) is 0.134. The molecule has 12 rings (SSSR count). The molecule has 0 fully saturated rings. The largest absolute Gasteiger partial charge is 0.437 e. The summed E-state index contributed by atoms with van der Waals surface area (Å²) in [4.78, 5) is 13.7. The van der Waals surface area contributed by atoms with E-state index in [1.165, 1.54) is 36.2 Å². The van der Waals surface area contributed by atoms with Crippen molar-refractivity contribution in [1.82, 2.24) is 15.0 Å². The number of furan rings is 3. The number of aryl methyl sites for hydroxylation is 14. The molecule has 0 saturated heterocycles. The molecular weight excluding hydrogens is 973 g/mol. The zero-order valence-electron chi connectivity index (χ0n) is 54.8. The van der Waals surface area contributed by atoms with E-state index in [9.17, 15) is 0 Å². The van der Waals surface area contributed by atoms with E-state index in [1.807, 2.05) is 88.8 Å². The number of hydrogen-bond donors (Lipinski definition) is 0. The topological polar surface area (TPSA) is 89.7 Å². The average Bonchev–Trinajstić information content (AvgIpc) is 1.81. The third-order valence-corrected chi connectivity index (χ3v) is 15.6. The lowest BCUT2D eigenvalue weighted by Crippen LogP contribution is -2.32. The predicted octanol–water partition coefficient (Wildman–Crippen LogP) is 16.2. The molecule has 0 aliphatic carbocycles. The normalized spacial score (nSPS) is 13.3. The van der Waals surface area contributed by atoms with E-state index < -0.39 is 19.1 Å². The van der Waals surface area contributed by atoms with Crippen LogP contribution in [0, 0.1) is 41.5 Å². The van der Waals surface area contributed by atoms with Gasteiger partial charge in [-0.15, -0.1) is 0 Å². The number of nitrogens with zero attached hydrogens (tertiary/aromatic N) is 6. The van der Waals surface area contributed by atoms with Crippen LogP contribution in [0.2, 0.25) is 0 Å². The first-order valence-corrected chi connectivity index (χ1v) is 27.5. The Kier molecular flexibility index (Phi) is 13.1. The maximum absolute atomic E-state index is 8.39. The van der Waals surface area contributed by atoms with Gasteiger partial charge in [0.25, 0.3) is 0 Å². The van der Waals surface area contributed by atoms with Gasteiger partial charge in [-0.2, -0.15) is 0 Å². The molecule has 0 atom stereocenters. The lowest BCUT2D eigenvalue weighted by molar-refractivity contribution is -0.661. The van der Waals surface area contributed by atoms with Crippen molar-refractivity contribution < 1.29 is 35.2 Å². The first-order valence-electron chi connectivity index (χ1n) is 30.5. The summed E-state index contributed by atoms with van der Waals surface area (Å²) in [5.74, 6) is 0.232. The molecule has 9 heteroatoms. The summed E-state index contributed by atoms with van der Waals surface area (Å²) in [6.45, 7) is 25.3. The monoisotopic (exact) mass is 1060 g/mol. The molecule has 9 nitrogen and oxygen atoms in total. The van der Waals surface area contributed by atoms with Gasteiger partial charge in [0.05, 0.1) is 16.7 Å². The summed E-state index contributed by atoms with van der Waals surface area (Å²) in [6.07, 6.45) is 3.29. The fourth-order valence-electron chi connectivity index (χ4n) is 11.2. The van der Waals surface area contributed by atoms with Crippen molar-refractivity contribution in [2.75, 3.05) is 0 Å². The van der Waals surface area contributed by atoms with Gasteiger partial charge >= 0.3 is 0 Å². The van der Waals surface area contributed by atoms with Crippen molar-refractivity contribution in [3.63, 3.8) is 0 Å². The molecule has 402 valence electrons. The van der Waals surface area contributed by atoms with Gasteiger partial charge in [-0.05, 0) is 149 Å². The Bertz CT molecular complexity index is 4610. The Balaban J connectivity index is 0.000000142. The molecule has 0 unspecified atom stereocenters. The molecule has 9 heterocycles. The smallest absolute Gasteiger partial charge is 0.227 e. The summed E-state index contributed by atoms with van der Waals surface area (Å²) in [6, 6.07) is 30.8. The second kappa shape index (κ2) is 22.0. The van der Waals surface area contributed by atoms with E-state index >= 15 is 0 Å². The molecule has 12 aromatic rings. The van der Waals surface area contributed by atoms with Crippen LogP contribution < -0.4 is 13.7 Å². The van der Waals surface area contributed by atoms with Gasteiger partial charge in [0.15, 0.2) is 35.3 Å². The number of pyridine rings is 6. The molecule has 0 amide bonds. The summed E-state index contributed by atoms with van der Waals surface area (Å²) in [7, 11) is 5.99. The molecule has 79 heavy (non-hydrogen) atoms. The van der Waals surface area contributed by atoms with Crippen LogP contribution in [0.5, 0.6) is 0 Å². The van der Waals surface area contributed by atoms with E-state index in [0.29, 0.717) is 28.1 Å². The molecule has 0 N–H and O–H groups in total. The highest BCUT2D eigenvalue weighted by Gasteiger charge is 2.26. The summed E-state index contributed by atoms with van der Waals surface area (Å²) in [5.41, 5.74) is 21.6. The third kappa shape index (κ3) is 9.98. The number of hydrogen-bond acceptors (Lipinski definition) is 6. The highest BCUT2D eigenvalue weighted by molar-refractivity contribution is 6.11. The second-order valence-electron chi connectivity index (χ2n) is 21.3. The molecule has 0 radical (unpaired) electrons. The van der Waals surface area contributed by atoms with Crippen LogP contribution in [0.25, 0.3) is 100.0 Å². The lowest BCUT2D eigenvalue weighted by atomic mass is 9.94. The van der Waals surface area contributed by atoms with Crippen LogP contribution >= 0.6 is 0 Å². The van der Waals surface area contributed by atoms with Crippen molar-refractivity contribution in [2.45, 2.75) is 128 Å². The predicted molar refractivity (Wildman–Crippen MR) is 324 cm³/mol. The molecule has 0 bridgehead atoms. The van der Waals surface area contributed by atoms with Gasteiger partial charge < -0.3 is 13.3 Å². The Hall–Kier alpha value is -8.04. The van der Waals surface area contributed by atoms with Crippen LogP contribution in [0.1, 0.15) is 130 Å². The summed E-state index contributed by atoms with van der Waals surface area (Å²) >= 11 is 0. The van der Waals surface area contributed by atoms with Crippen molar-refractivity contribution >= 4 is 66.2 Å². The van der Waals surface area contributed by atoms with Gasteiger partial charge in [0, 0.05) is 92.5 Å². The van der Waals surface area contributed by atoms with Gasteiger partial charge in [0.1, 0.15) is 21.1 Å². The molecule has 9 aromatic heterocycles. The van der Waals surface area contributed by atoms with E-state index in [1.54, 1.807) is 19.2 Å². The molecule has 0 aliphatic rings. The van der Waals surface area contributed by atoms with Crippen LogP contribution in [-0.2, 0) is 53.1 Å². The molecule has 3 aromatic carbocycles. The van der Waals surface area contributed by atoms with Crippen molar-refractivity contribution in [1.29, 1.82) is 0 Å². The maximum atomic E-state index is 8.39. The van der Waals surface area contributed by atoms with Gasteiger partial charge in [-0.3, -0.25) is 0 Å². The number of benzene rings is 3. The fraction of sp³-hybridized carbons (Fsp3) is 0.314. The zero-order chi connectivity index (χ0) is 61.5. The number of fused-ring (bicyclic) bond motifs is 9. The first-order chi connectivity index (χ1) is 40.0. The van der Waals surface area contributed by atoms with E-state index in [-0.39, 0.29) is 5.92 Å². The average molecular weight is 1060 g/mol. The van der Waals surface area contributed by atoms with Crippen molar-refractivity contribution in [2.24, 2.45) is 21.1 Å². The minimum absolute atomic E-state index is 0.232. The molecule has 0 spiro atoms. The number of rotatable bonds is 9. The standard InChI is InChI=1S/C24H27N2O.2C23H25N2O/c1-7-17-12-21(26(6)13-20(17)14(2)3)22-15(4)8-10-18-19-11-9-16(5)25-24(19)27-23(18)22;2*1-6-16-12-20(25(5)13-17(16)7-2)21-14(3)8-10-18-19-11-9-15(4)24-23(19)26-22(18)21/h8-14H,7H2,1-6H3;2*8-13H,6-7H2,1-5H3/q3*+1/i7D2;6D2,7D2;. The van der Waals surface area contributed by atoms with E-state index in [0.717, 1.165) is 129 Å². The summed E-state index contributed by atoms with van der Waals surface area (Å²) in [5, 5.41) is 6.13. The van der Waals surface area contributed by atoms with Crippen LogP contribution in [0.15, 0.2) is 123 Å². The van der Waals surface area contributed by atoms with Crippen molar-refractivity contribution in [3.05, 3.63) is 177 Å². The Labute approximate surface area is 474 Å². The van der Waals surface area contributed by atoms with Gasteiger partial charge in [-0.25, -0.2) is 28.7 Å². The number of aromatic nitrogens is 6.